The van der Waals surface area contributed by atoms with Crippen LogP contribution in [0, 0.1) is 5.41 Å². The first-order chi connectivity index (χ1) is 14.5. The van der Waals surface area contributed by atoms with Crippen LogP contribution >= 0.6 is 11.6 Å². The van der Waals surface area contributed by atoms with E-state index in [-0.39, 0.29) is 28.2 Å². The van der Waals surface area contributed by atoms with Gasteiger partial charge in [-0.05, 0) is 18.4 Å². The number of anilines is 1. The predicted molar refractivity (Wildman–Crippen MR) is 125 cm³/mol. The molecular weight excluding hydrogens is 416 g/mol. The van der Waals surface area contributed by atoms with E-state index >= 15 is 0 Å². The van der Waals surface area contributed by atoms with Gasteiger partial charge in [0.25, 0.3) is 0 Å². The van der Waals surface area contributed by atoms with E-state index in [4.69, 9.17) is 21.1 Å². The van der Waals surface area contributed by atoms with Gasteiger partial charge in [0, 0.05) is 63.3 Å². The smallest absolute Gasteiger partial charge is 0.192 e. The van der Waals surface area contributed by atoms with Gasteiger partial charge in [-0.15, -0.1) is 0 Å². The maximum Gasteiger partial charge on any atom is 0.192 e. The molecule has 0 bridgehead atoms. The fraction of sp³-hybridized carbons (Fsp3) is 0.500. The Kier molecular flexibility index (Phi) is 6.82. The highest BCUT2D eigenvalue weighted by atomic mass is 35.5. The number of pyridine rings is 1. The monoisotopic (exact) mass is 446 g/mol. The second-order valence-corrected chi connectivity index (χ2v) is 9.56. The molecule has 1 aromatic carbocycles. The Morgan fingerprint density at radius 1 is 1.23 bits per heavy atom. The minimum Gasteiger partial charge on any atom is -0.492 e. The second kappa shape index (κ2) is 9.05. The molecule has 1 unspecified atom stereocenters. The number of benzene rings is 1. The number of nitrogens with zero attached hydrogens (tertiary/aromatic N) is 2. The Morgan fingerprint density at radius 2 is 1.94 bits per heavy atom. The Labute approximate surface area is 188 Å². The molecule has 1 atom stereocenters. The molecule has 0 radical (unpaired) electrons. The molecule has 1 aliphatic rings. The quantitative estimate of drug-likeness (QED) is 0.470. The van der Waals surface area contributed by atoms with E-state index in [1.165, 1.54) is 6.92 Å². The van der Waals surface area contributed by atoms with Crippen LogP contribution in [0.5, 0.6) is 5.75 Å². The van der Waals surface area contributed by atoms with Crippen molar-refractivity contribution < 1.29 is 14.3 Å². The standard InChI is InChI=1S/C24H31ClN2O4/c1-15(28)17-13-27-20(11-21(17)29)16-10-18(25)22(31-9-7-8-30-6)12-19(16)26(5)14-23(27)24(2,3)4/h10-13,23H,7-9,14H2,1-6H3. The maximum absolute atomic E-state index is 12.7. The molecule has 0 fully saturated rings. The van der Waals surface area contributed by atoms with Gasteiger partial charge in [0.2, 0.25) is 0 Å². The largest absolute Gasteiger partial charge is 0.492 e. The predicted octanol–water partition coefficient (Wildman–Crippen LogP) is 4.82. The molecule has 1 aliphatic heterocycles. The van der Waals surface area contributed by atoms with E-state index in [0.717, 1.165) is 23.4 Å². The van der Waals surface area contributed by atoms with Crippen molar-refractivity contribution in [1.29, 1.82) is 0 Å². The van der Waals surface area contributed by atoms with Crippen LogP contribution in [-0.2, 0) is 4.74 Å². The number of hydrogen-bond acceptors (Lipinski definition) is 5. The lowest BCUT2D eigenvalue weighted by molar-refractivity contribution is 0.101. The average molecular weight is 447 g/mol. The lowest BCUT2D eigenvalue weighted by Gasteiger charge is -2.35. The van der Waals surface area contributed by atoms with Gasteiger partial charge in [-0.3, -0.25) is 9.59 Å². The van der Waals surface area contributed by atoms with Gasteiger partial charge < -0.3 is 18.9 Å². The summed E-state index contributed by atoms with van der Waals surface area (Å²) in [5.41, 5.74) is 2.34. The summed E-state index contributed by atoms with van der Waals surface area (Å²) in [5.74, 6) is 0.371. The van der Waals surface area contributed by atoms with Crippen LogP contribution in [0.4, 0.5) is 5.69 Å². The summed E-state index contributed by atoms with van der Waals surface area (Å²) in [5, 5.41) is 0.480. The zero-order valence-electron chi connectivity index (χ0n) is 19.1. The van der Waals surface area contributed by atoms with Crippen molar-refractivity contribution in [1.82, 2.24) is 4.57 Å². The van der Waals surface area contributed by atoms with Gasteiger partial charge in [-0.2, -0.15) is 0 Å². The number of halogens is 1. The normalized spacial score (nSPS) is 15.8. The number of aromatic nitrogens is 1. The van der Waals surface area contributed by atoms with Gasteiger partial charge >= 0.3 is 0 Å². The molecule has 0 saturated heterocycles. The van der Waals surface area contributed by atoms with Crippen molar-refractivity contribution in [2.75, 3.05) is 38.8 Å². The zero-order chi connectivity index (χ0) is 22.9. The molecule has 7 heteroatoms. The van der Waals surface area contributed by atoms with E-state index in [1.54, 1.807) is 19.4 Å². The molecule has 168 valence electrons. The number of ketones is 1. The molecule has 0 spiro atoms. The third kappa shape index (κ3) is 4.80. The minimum absolute atomic E-state index is 0.0310. The van der Waals surface area contributed by atoms with Crippen LogP contribution in [0.3, 0.4) is 0 Å². The summed E-state index contributed by atoms with van der Waals surface area (Å²) in [7, 11) is 3.68. The van der Waals surface area contributed by atoms with Crippen molar-refractivity contribution in [3.05, 3.63) is 45.2 Å². The Morgan fingerprint density at radius 3 is 2.55 bits per heavy atom. The van der Waals surface area contributed by atoms with E-state index in [1.807, 2.05) is 19.2 Å². The summed E-state index contributed by atoms with van der Waals surface area (Å²) in [6.07, 6.45) is 2.47. The SMILES string of the molecule is COCCCOc1cc2c(cc1Cl)-c1cc(=O)c(C(C)=O)cn1C(C(C)(C)C)CN2C. The van der Waals surface area contributed by atoms with E-state index in [0.29, 0.717) is 30.5 Å². The number of hydrogen-bond donors (Lipinski definition) is 0. The molecule has 3 rings (SSSR count). The maximum atomic E-state index is 12.7. The lowest BCUT2D eigenvalue weighted by Crippen LogP contribution is -2.35. The highest BCUT2D eigenvalue weighted by molar-refractivity contribution is 6.32. The number of Topliss-reactive ketones (excluding diaryl/α,β-unsaturated/α-hetero) is 1. The summed E-state index contributed by atoms with van der Waals surface area (Å²) >= 11 is 6.57. The second-order valence-electron chi connectivity index (χ2n) is 9.16. The molecule has 1 aromatic heterocycles. The number of carbonyl (C=O) groups excluding carboxylic acids is 1. The first kappa shape index (κ1) is 23.4. The Hall–Kier alpha value is -2.31. The van der Waals surface area contributed by atoms with Crippen LogP contribution in [-0.4, -0.2) is 44.3 Å². The van der Waals surface area contributed by atoms with Crippen LogP contribution < -0.4 is 15.1 Å². The number of fused-ring (bicyclic) bond motifs is 3. The van der Waals surface area contributed by atoms with Crippen molar-refractivity contribution in [3.8, 4) is 17.0 Å². The van der Waals surface area contributed by atoms with Crippen molar-refractivity contribution in [2.24, 2.45) is 5.41 Å². The third-order valence-corrected chi connectivity index (χ3v) is 6.02. The van der Waals surface area contributed by atoms with Crippen LogP contribution in [0.25, 0.3) is 11.3 Å². The molecule has 0 amide bonds. The molecule has 0 saturated carbocycles. The van der Waals surface area contributed by atoms with Crippen molar-refractivity contribution in [2.45, 2.75) is 40.2 Å². The molecule has 2 heterocycles. The van der Waals surface area contributed by atoms with Gasteiger partial charge in [0.1, 0.15) is 5.75 Å². The number of rotatable bonds is 6. The number of ether oxygens (including phenoxy) is 2. The zero-order valence-corrected chi connectivity index (χ0v) is 19.9. The van der Waals surface area contributed by atoms with E-state index in [2.05, 4.69) is 30.2 Å². The topological polar surface area (TPSA) is 60.8 Å². The fourth-order valence-corrected chi connectivity index (χ4v) is 4.20. The van der Waals surface area contributed by atoms with Crippen LogP contribution in [0.1, 0.15) is 50.5 Å². The van der Waals surface area contributed by atoms with Crippen molar-refractivity contribution in [3.63, 3.8) is 0 Å². The first-order valence-electron chi connectivity index (χ1n) is 10.5. The third-order valence-electron chi connectivity index (χ3n) is 5.73. The minimum atomic E-state index is -0.280. The molecular formula is C24H31ClN2O4. The van der Waals surface area contributed by atoms with E-state index in [9.17, 15) is 9.59 Å². The van der Waals surface area contributed by atoms with Gasteiger partial charge in [-0.1, -0.05) is 32.4 Å². The fourth-order valence-electron chi connectivity index (χ4n) is 3.98. The van der Waals surface area contributed by atoms with E-state index < -0.39 is 0 Å². The van der Waals surface area contributed by atoms with Gasteiger partial charge in [-0.25, -0.2) is 0 Å². The van der Waals surface area contributed by atoms with Gasteiger partial charge in [0.05, 0.1) is 28.9 Å². The number of likely N-dealkylation sites (N-methyl/N-ethyl adjacent to an activating group) is 1. The molecule has 0 N–H and O–H groups in total. The molecule has 31 heavy (non-hydrogen) atoms. The first-order valence-corrected chi connectivity index (χ1v) is 10.9. The molecule has 6 nitrogen and oxygen atoms in total. The summed E-state index contributed by atoms with van der Waals surface area (Å²) in [6.45, 7) is 9.73. The summed E-state index contributed by atoms with van der Waals surface area (Å²) in [4.78, 5) is 27.0. The molecule has 2 aromatic rings. The highest BCUT2D eigenvalue weighted by Gasteiger charge is 2.33. The lowest BCUT2D eigenvalue weighted by atomic mass is 9.86. The van der Waals surface area contributed by atoms with Gasteiger partial charge in [0.15, 0.2) is 11.2 Å². The van der Waals surface area contributed by atoms with Crippen molar-refractivity contribution >= 4 is 23.1 Å². The average Bonchev–Trinajstić information content (AvgIpc) is 2.79. The molecule has 0 aliphatic carbocycles. The van der Waals surface area contributed by atoms with Crippen LogP contribution in [0.15, 0.2) is 29.2 Å². The number of carbonyl (C=O) groups is 1. The van der Waals surface area contributed by atoms with Crippen LogP contribution in [0.2, 0.25) is 5.02 Å². The summed E-state index contributed by atoms with van der Waals surface area (Å²) in [6, 6.07) is 5.37. The highest BCUT2D eigenvalue weighted by Crippen LogP contribution is 2.44. The summed E-state index contributed by atoms with van der Waals surface area (Å²) < 4.78 is 13.0. The number of methoxy groups -OCH3 is 1. The Balaban J connectivity index is 2.19. The Bertz CT molecular complexity index is 1040.